The maximum absolute atomic E-state index is 13.5. The molecule has 1 aromatic heterocycles. The summed E-state index contributed by atoms with van der Waals surface area (Å²) in [5.74, 6) is -4.86. The Labute approximate surface area is 158 Å². The van der Waals surface area contributed by atoms with Crippen molar-refractivity contribution in [2.45, 2.75) is 37.5 Å². The van der Waals surface area contributed by atoms with Gasteiger partial charge in [-0.25, -0.2) is 17.6 Å². The second-order valence-electron chi connectivity index (χ2n) is 7.22. The molecule has 3 aromatic rings. The minimum Gasteiger partial charge on any atom is -0.359 e. The Hall–Kier alpha value is -2.83. The first-order chi connectivity index (χ1) is 13.3. The summed E-state index contributed by atoms with van der Waals surface area (Å²) in [6.07, 6.45) is 2.10. The fourth-order valence-electron chi connectivity index (χ4n) is 3.69. The lowest BCUT2D eigenvalue weighted by Crippen LogP contribution is -2.23. The van der Waals surface area contributed by atoms with Gasteiger partial charge in [0.15, 0.2) is 11.6 Å². The molecule has 0 spiro atoms. The lowest BCUT2D eigenvalue weighted by Gasteiger charge is -2.28. The average Bonchev–Trinajstić information content (AvgIpc) is 3.04. The van der Waals surface area contributed by atoms with Crippen LogP contribution >= 0.6 is 0 Å². The van der Waals surface area contributed by atoms with Crippen molar-refractivity contribution >= 4 is 22.5 Å². The molecule has 0 unspecified atom stereocenters. The number of hydrogen-bond donors (Lipinski definition) is 2. The minimum absolute atomic E-state index is 0.0724. The van der Waals surface area contributed by atoms with E-state index in [1.54, 1.807) is 24.3 Å². The van der Waals surface area contributed by atoms with Crippen LogP contribution in [0, 0.1) is 11.6 Å². The lowest BCUT2D eigenvalue weighted by molar-refractivity contribution is -0.0382. The zero-order valence-corrected chi connectivity index (χ0v) is 14.9. The third-order valence-electron chi connectivity index (χ3n) is 5.33. The van der Waals surface area contributed by atoms with Crippen molar-refractivity contribution in [3.8, 4) is 0 Å². The van der Waals surface area contributed by atoms with Crippen molar-refractivity contribution in [1.29, 1.82) is 0 Å². The van der Waals surface area contributed by atoms with Crippen LogP contribution in [-0.2, 0) is 0 Å². The van der Waals surface area contributed by atoms with Gasteiger partial charge in [0.2, 0.25) is 5.92 Å². The van der Waals surface area contributed by atoms with Crippen molar-refractivity contribution in [2.24, 2.45) is 0 Å². The molecule has 1 aliphatic carbocycles. The van der Waals surface area contributed by atoms with E-state index in [1.165, 1.54) is 6.20 Å². The molecule has 2 N–H and O–H groups in total. The van der Waals surface area contributed by atoms with Gasteiger partial charge in [0.05, 0.1) is 11.2 Å². The predicted molar refractivity (Wildman–Crippen MR) is 98.8 cm³/mol. The van der Waals surface area contributed by atoms with Gasteiger partial charge < -0.3 is 10.3 Å². The van der Waals surface area contributed by atoms with Crippen LogP contribution in [0.25, 0.3) is 10.9 Å². The Morgan fingerprint density at radius 2 is 1.68 bits per heavy atom. The Bertz CT molecular complexity index is 1020. The van der Waals surface area contributed by atoms with E-state index in [1.807, 2.05) is 0 Å². The van der Waals surface area contributed by atoms with Crippen molar-refractivity contribution in [3.63, 3.8) is 0 Å². The van der Waals surface area contributed by atoms with Gasteiger partial charge in [-0.3, -0.25) is 4.79 Å². The smallest absolute Gasteiger partial charge is 0.255 e. The Morgan fingerprint density at radius 3 is 2.36 bits per heavy atom. The topological polar surface area (TPSA) is 44.9 Å². The summed E-state index contributed by atoms with van der Waals surface area (Å²) in [7, 11) is 0. The fourth-order valence-corrected chi connectivity index (χ4v) is 3.69. The van der Waals surface area contributed by atoms with E-state index in [-0.39, 0.29) is 18.8 Å². The number of amides is 1. The Morgan fingerprint density at radius 1 is 1.04 bits per heavy atom. The zero-order valence-electron chi connectivity index (χ0n) is 14.9. The van der Waals surface area contributed by atoms with Gasteiger partial charge in [-0.15, -0.1) is 0 Å². The Kier molecular flexibility index (Phi) is 4.61. The predicted octanol–water partition coefficient (Wildman–Crippen LogP) is 5.99. The van der Waals surface area contributed by atoms with E-state index in [9.17, 15) is 22.4 Å². The van der Waals surface area contributed by atoms with Crippen molar-refractivity contribution in [2.75, 3.05) is 5.32 Å². The molecule has 0 saturated heterocycles. The monoisotopic (exact) mass is 390 g/mol. The highest BCUT2D eigenvalue weighted by Crippen LogP contribution is 2.40. The summed E-state index contributed by atoms with van der Waals surface area (Å²) in [6.45, 7) is 0. The van der Waals surface area contributed by atoms with Crippen LogP contribution in [0.4, 0.5) is 23.2 Å². The van der Waals surface area contributed by atoms with Gasteiger partial charge in [0.1, 0.15) is 0 Å². The number of hydrogen-bond acceptors (Lipinski definition) is 1. The van der Waals surface area contributed by atoms with Crippen molar-refractivity contribution in [3.05, 3.63) is 65.4 Å². The highest BCUT2D eigenvalue weighted by Gasteiger charge is 2.35. The largest absolute Gasteiger partial charge is 0.359 e. The number of nitrogens with one attached hydrogen (secondary N) is 2. The molecule has 2 aromatic carbocycles. The molecule has 3 nitrogen and oxygen atoms in total. The number of aromatic nitrogens is 1. The number of H-pyrrole nitrogens is 1. The van der Waals surface area contributed by atoms with Gasteiger partial charge >= 0.3 is 0 Å². The summed E-state index contributed by atoms with van der Waals surface area (Å²) in [5, 5.41) is 3.05. The molecule has 0 bridgehead atoms. The third kappa shape index (κ3) is 3.61. The normalized spacial score (nSPS) is 17.0. The molecule has 0 radical (unpaired) electrons. The summed E-state index contributed by atoms with van der Waals surface area (Å²) in [5.41, 5.74) is 2.05. The minimum atomic E-state index is -2.57. The van der Waals surface area contributed by atoms with E-state index in [0.29, 0.717) is 35.0 Å². The van der Waals surface area contributed by atoms with Gasteiger partial charge in [0.25, 0.3) is 5.91 Å². The van der Waals surface area contributed by atoms with Crippen LogP contribution in [0.3, 0.4) is 0 Å². The first kappa shape index (κ1) is 18.5. The van der Waals surface area contributed by atoms with E-state index < -0.39 is 23.5 Å². The number of halogens is 4. The van der Waals surface area contributed by atoms with E-state index in [4.69, 9.17) is 0 Å². The maximum Gasteiger partial charge on any atom is 0.255 e. The molecule has 0 aliphatic heterocycles. The van der Waals surface area contributed by atoms with Crippen LogP contribution in [0.2, 0.25) is 0 Å². The zero-order chi connectivity index (χ0) is 19.9. The highest BCUT2D eigenvalue weighted by molar-refractivity contribution is 6.09. The molecular weight excluding hydrogens is 372 g/mol. The Balaban J connectivity index is 1.48. The van der Waals surface area contributed by atoms with Crippen LogP contribution in [0.1, 0.15) is 47.5 Å². The second kappa shape index (κ2) is 6.96. The lowest BCUT2D eigenvalue weighted by atomic mass is 9.82. The average molecular weight is 390 g/mol. The molecule has 4 rings (SSSR count). The molecule has 1 fully saturated rings. The summed E-state index contributed by atoms with van der Waals surface area (Å²) >= 11 is 0. The highest BCUT2D eigenvalue weighted by atomic mass is 19.3. The molecule has 28 heavy (non-hydrogen) atoms. The number of benzene rings is 2. The quantitative estimate of drug-likeness (QED) is 0.530. The number of carbonyl (C=O) groups is 1. The van der Waals surface area contributed by atoms with Crippen LogP contribution in [0.5, 0.6) is 0 Å². The van der Waals surface area contributed by atoms with Gasteiger partial charge in [-0.2, -0.15) is 0 Å². The van der Waals surface area contributed by atoms with Gasteiger partial charge in [0, 0.05) is 36.1 Å². The molecule has 0 atom stereocenters. The van der Waals surface area contributed by atoms with E-state index >= 15 is 0 Å². The fraction of sp³-hybridized carbons (Fsp3) is 0.286. The number of carbonyl (C=O) groups excluding carboxylic acids is 1. The number of fused-ring (bicyclic) bond motifs is 1. The first-order valence-corrected chi connectivity index (χ1v) is 9.08. The van der Waals surface area contributed by atoms with Crippen molar-refractivity contribution < 1.29 is 22.4 Å². The van der Waals surface area contributed by atoms with Crippen molar-refractivity contribution in [1.82, 2.24) is 4.98 Å². The summed E-state index contributed by atoms with van der Waals surface area (Å²) in [6, 6.07) is 8.92. The molecule has 1 heterocycles. The van der Waals surface area contributed by atoms with Crippen LogP contribution < -0.4 is 5.32 Å². The molecule has 1 amide bonds. The van der Waals surface area contributed by atoms with Gasteiger partial charge in [-0.1, -0.05) is 12.1 Å². The number of alkyl halides is 2. The molecule has 1 aliphatic rings. The van der Waals surface area contributed by atoms with E-state index in [2.05, 4.69) is 10.3 Å². The van der Waals surface area contributed by atoms with E-state index in [0.717, 1.165) is 17.7 Å². The number of anilines is 1. The molecule has 146 valence electrons. The van der Waals surface area contributed by atoms with Crippen LogP contribution in [0.15, 0.2) is 42.6 Å². The maximum atomic E-state index is 13.5. The van der Waals surface area contributed by atoms with Gasteiger partial charge in [-0.05, 0) is 42.5 Å². The van der Waals surface area contributed by atoms with Crippen LogP contribution in [-0.4, -0.2) is 16.8 Å². The summed E-state index contributed by atoms with van der Waals surface area (Å²) < 4.78 is 53.4. The molecule has 7 heteroatoms. The molecular formula is C21H18F4N2O. The standard InChI is InChI=1S/C21H18F4N2O/c22-16-9-15-18(10-17(16)23)26-11-19(15)27-20(28)14-3-1-12(2-4-14)13-5-7-21(24,25)8-6-13/h1-4,9-11,13,26H,5-8H2,(H,27,28). The number of aromatic amines is 1. The number of rotatable bonds is 3. The third-order valence-corrected chi connectivity index (χ3v) is 5.33. The first-order valence-electron chi connectivity index (χ1n) is 9.08. The molecule has 1 saturated carbocycles. The summed E-state index contributed by atoms with van der Waals surface area (Å²) in [4.78, 5) is 15.3. The SMILES string of the molecule is O=C(Nc1c[nH]c2cc(F)c(F)cc12)c1ccc(C2CCC(F)(F)CC2)cc1. The second-order valence-corrected chi connectivity index (χ2v) is 7.22.